The highest BCUT2D eigenvalue weighted by Gasteiger charge is 2.34. The van der Waals surface area contributed by atoms with Crippen LogP contribution in [0.1, 0.15) is 54.9 Å². The Morgan fingerprint density at radius 1 is 1.25 bits per heavy atom. The summed E-state index contributed by atoms with van der Waals surface area (Å²) in [5, 5.41) is 0. The lowest BCUT2D eigenvalue weighted by Gasteiger charge is -2.41. The average Bonchev–Trinajstić information content (AvgIpc) is 2.00. The number of carbonyl (C=O) groups is 1. The Morgan fingerprint density at radius 2 is 1.69 bits per heavy atom. The van der Waals surface area contributed by atoms with E-state index in [1.165, 1.54) is 0 Å². The van der Waals surface area contributed by atoms with Crippen LogP contribution < -0.4 is 0 Å². The highest BCUT2D eigenvalue weighted by molar-refractivity contribution is 5.82. The molecule has 0 atom stereocenters. The maximum absolute atomic E-state index is 11.8. The van der Waals surface area contributed by atoms with Crippen LogP contribution in [-0.4, -0.2) is 29.8 Å². The van der Waals surface area contributed by atoms with Crippen LogP contribution >= 0.6 is 0 Å². The summed E-state index contributed by atoms with van der Waals surface area (Å²) in [6.45, 7) is 16.7. The van der Waals surface area contributed by atoms with Crippen LogP contribution in [0.5, 0.6) is 0 Å². The lowest BCUT2D eigenvalue weighted by Crippen LogP contribution is -2.53. The van der Waals surface area contributed by atoms with Crippen molar-refractivity contribution in [2.24, 2.45) is 11.3 Å². The van der Waals surface area contributed by atoms with Gasteiger partial charge in [0.25, 0.3) is 0 Å². The molecule has 0 spiro atoms. The van der Waals surface area contributed by atoms with E-state index in [9.17, 15) is 4.79 Å². The molecule has 1 fully saturated rings. The number of Topliss-reactive ketones (excluding diaryl/α,β-unsaturated/α-hetero) is 1. The van der Waals surface area contributed by atoms with Crippen molar-refractivity contribution in [3.05, 3.63) is 0 Å². The molecule has 0 saturated carbocycles. The minimum absolute atomic E-state index is 0.148. The van der Waals surface area contributed by atoms with Gasteiger partial charge in [-0.15, -0.1) is 0 Å². The van der Waals surface area contributed by atoms with Gasteiger partial charge in [0.15, 0.2) is 0 Å². The molecule has 1 heterocycles. The predicted octanol–water partition coefficient (Wildman–Crippen LogP) is 3.36. The van der Waals surface area contributed by atoms with E-state index in [1.54, 1.807) is 0 Å². The van der Waals surface area contributed by atoms with Gasteiger partial charge in [0, 0.05) is 31.5 Å². The Bertz CT molecular complexity index is 209. The first kappa shape index (κ1) is 15.6. The standard InChI is InChI=1S/C12H23NO.C2H6/c1-9(2)13-7-10(8-13)11(14)6-12(3,4)5;1-2/h9-10H,6-8H2,1-5H3;1-2H3. The van der Waals surface area contributed by atoms with E-state index in [0.29, 0.717) is 17.7 Å². The van der Waals surface area contributed by atoms with E-state index in [0.717, 1.165) is 19.5 Å². The monoisotopic (exact) mass is 227 g/mol. The van der Waals surface area contributed by atoms with Crippen LogP contribution in [0.15, 0.2) is 0 Å². The van der Waals surface area contributed by atoms with Crippen molar-refractivity contribution in [2.45, 2.75) is 60.9 Å². The Hall–Kier alpha value is -0.370. The van der Waals surface area contributed by atoms with E-state index >= 15 is 0 Å². The third-order valence-electron chi connectivity index (χ3n) is 2.80. The van der Waals surface area contributed by atoms with Gasteiger partial charge < -0.3 is 0 Å². The smallest absolute Gasteiger partial charge is 0.139 e. The molecule has 0 aromatic carbocycles. The first-order chi connectivity index (χ1) is 7.29. The van der Waals surface area contributed by atoms with E-state index in [-0.39, 0.29) is 5.41 Å². The van der Waals surface area contributed by atoms with Crippen molar-refractivity contribution in [1.82, 2.24) is 4.90 Å². The zero-order valence-corrected chi connectivity index (χ0v) is 12.1. The van der Waals surface area contributed by atoms with Crippen molar-refractivity contribution in [1.29, 1.82) is 0 Å². The van der Waals surface area contributed by atoms with Crippen LogP contribution in [0.2, 0.25) is 0 Å². The van der Waals surface area contributed by atoms with E-state index in [4.69, 9.17) is 0 Å². The molecule has 0 unspecified atom stereocenters. The number of hydrogen-bond donors (Lipinski definition) is 0. The molecule has 0 aromatic rings. The summed E-state index contributed by atoms with van der Waals surface area (Å²) in [6, 6.07) is 0.591. The number of ketones is 1. The number of carbonyl (C=O) groups excluding carboxylic acids is 1. The predicted molar refractivity (Wildman–Crippen MR) is 70.6 cm³/mol. The molecule has 0 amide bonds. The Morgan fingerprint density at radius 3 is 2.00 bits per heavy atom. The van der Waals surface area contributed by atoms with Gasteiger partial charge in [-0.2, -0.15) is 0 Å². The molecule has 0 aromatic heterocycles. The molecular formula is C14H29NO. The van der Waals surface area contributed by atoms with Gasteiger partial charge in [-0.25, -0.2) is 0 Å². The molecule has 1 aliphatic rings. The second kappa shape index (κ2) is 6.39. The van der Waals surface area contributed by atoms with Crippen molar-refractivity contribution in [3.8, 4) is 0 Å². The van der Waals surface area contributed by atoms with Gasteiger partial charge >= 0.3 is 0 Å². The van der Waals surface area contributed by atoms with Crippen LogP contribution in [-0.2, 0) is 4.79 Å². The second-order valence-corrected chi connectivity index (χ2v) is 5.95. The van der Waals surface area contributed by atoms with Crippen molar-refractivity contribution >= 4 is 5.78 Å². The molecule has 0 bridgehead atoms. The largest absolute Gasteiger partial charge is 0.299 e. The van der Waals surface area contributed by atoms with Crippen molar-refractivity contribution in [3.63, 3.8) is 0 Å². The Kier molecular flexibility index (Phi) is 6.24. The zero-order valence-electron chi connectivity index (χ0n) is 12.1. The lowest BCUT2D eigenvalue weighted by atomic mass is 9.82. The van der Waals surface area contributed by atoms with Crippen LogP contribution in [0.4, 0.5) is 0 Å². The fourth-order valence-corrected chi connectivity index (χ4v) is 1.80. The van der Waals surface area contributed by atoms with Crippen molar-refractivity contribution in [2.75, 3.05) is 13.1 Å². The van der Waals surface area contributed by atoms with Gasteiger partial charge in [0.1, 0.15) is 5.78 Å². The summed E-state index contributed by atoms with van der Waals surface area (Å²) < 4.78 is 0. The number of hydrogen-bond acceptors (Lipinski definition) is 2. The van der Waals surface area contributed by atoms with Gasteiger partial charge in [-0.05, 0) is 19.3 Å². The van der Waals surface area contributed by atoms with Gasteiger partial charge in [0.2, 0.25) is 0 Å². The summed E-state index contributed by atoms with van der Waals surface area (Å²) >= 11 is 0. The normalized spacial score (nSPS) is 17.8. The van der Waals surface area contributed by atoms with E-state index in [1.807, 2.05) is 13.8 Å². The zero-order chi connectivity index (χ0) is 12.9. The second-order valence-electron chi connectivity index (χ2n) is 5.95. The fraction of sp³-hybridized carbons (Fsp3) is 0.929. The van der Waals surface area contributed by atoms with E-state index in [2.05, 4.69) is 39.5 Å². The third kappa shape index (κ3) is 5.11. The Balaban J connectivity index is 0.00000106. The molecule has 2 heteroatoms. The molecule has 1 aliphatic heterocycles. The number of nitrogens with zero attached hydrogens (tertiary/aromatic N) is 1. The van der Waals surface area contributed by atoms with Gasteiger partial charge in [-0.1, -0.05) is 34.6 Å². The SMILES string of the molecule is CC.CC(C)N1CC(C(=O)CC(C)(C)C)C1. The maximum atomic E-state index is 11.8. The topological polar surface area (TPSA) is 20.3 Å². The van der Waals surface area contributed by atoms with Crippen LogP contribution in [0.3, 0.4) is 0 Å². The summed E-state index contributed by atoms with van der Waals surface area (Å²) in [6.07, 6.45) is 0.726. The molecule has 0 aliphatic carbocycles. The first-order valence-corrected chi connectivity index (χ1v) is 6.56. The minimum atomic E-state index is 0.148. The third-order valence-corrected chi connectivity index (χ3v) is 2.80. The summed E-state index contributed by atoms with van der Waals surface area (Å²) in [5.41, 5.74) is 0.148. The molecule has 16 heavy (non-hydrogen) atoms. The Labute approximate surface area is 101 Å². The maximum Gasteiger partial charge on any atom is 0.139 e. The molecular weight excluding hydrogens is 198 g/mol. The summed E-state index contributed by atoms with van der Waals surface area (Å²) in [5.74, 6) is 0.769. The minimum Gasteiger partial charge on any atom is -0.299 e. The summed E-state index contributed by atoms with van der Waals surface area (Å²) in [4.78, 5) is 14.1. The van der Waals surface area contributed by atoms with Crippen molar-refractivity contribution < 1.29 is 4.79 Å². The molecule has 0 N–H and O–H groups in total. The highest BCUT2D eigenvalue weighted by atomic mass is 16.1. The van der Waals surface area contributed by atoms with Crippen LogP contribution in [0, 0.1) is 11.3 Å². The quantitative estimate of drug-likeness (QED) is 0.737. The van der Waals surface area contributed by atoms with Crippen LogP contribution in [0.25, 0.3) is 0 Å². The average molecular weight is 227 g/mol. The van der Waals surface area contributed by atoms with E-state index < -0.39 is 0 Å². The molecule has 0 radical (unpaired) electrons. The summed E-state index contributed by atoms with van der Waals surface area (Å²) in [7, 11) is 0. The molecule has 1 saturated heterocycles. The number of likely N-dealkylation sites (tertiary alicyclic amines) is 1. The lowest BCUT2D eigenvalue weighted by molar-refractivity contribution is -0.130. The van der Waals surface area contributed by atoms with Gasteiger partial charge in [0.05, 0.1) is 0 Å². The van der Waals surface area contributed by atoms with Gasteiger partial charge in [-0.3, -0.25) is 9.69 Å². The molecule has 1 rings (SSSR count). The highest BCUT2D eigenvalue weighted by Crippen LogP contribution is 2.26. The first-order valence-electron chi connectivity index (χ1n) is 6.56. The molecule has 2 nitrogen and oxygen atoms in total. The number of rotatable bonds is 3. The fourth-order valence-electron chi connectivity index (χ4n) is 1.80. The molecule has 96 valence electrons.